The highest BCUT2D eigenvalue weighted by molar-refractivity contribution is 5.79. The predicted octanol–water partition coefficient (Wildman–Crippen LogP) is 3.63. The van der Waals surface area contributed by atoms with Gasteiger partial charge >= 0.3 is 0 Å². The second-order valence-electron chi connectivity index (χ2n) is 7.61. The first-order valence-corrected chi connectivity index (χ1v) is 10.1. The molecule has 0 radical (unpaired) electrons. The summed E-state index contributed by atoms with van der Waals surface area (Å²) in [6, 6.07) is 14.0. The Balaban J connectivity index is 1.54. The van der Waals surface area contributed by atoms with Crippen LogP contribution in [-0.2, 0) is 24.2 Å². The number of para-hydroxylation sites is 1. The number of amides is 1. The van der Waals surface area contributed by atoms with E-state index in [0.29, 0.717) is 25.3 Å². The van der Waals surface area contributed by atoms with E-state index in [4.69, 9.17) is 9.47 Å². The first-order valence-electron chi connectivity index (χ1n) is 10.1. The molecule has 0 aliphatic carbocycles. The quantitative estimate of drug-likeness (QED) is 0.650. The van der Waals surface area contributed by atoms with Crippen molar-refractivity contribution in [1.82, 2.24) is 14.7 Å². The Morgan fingerprint density at radius 1 is 1.03 bits per heavy atom. The van der Waals surface area contributed by atoms with Crippen molar-refractivity contribution in [3.05, 3.63) is 70.5 Å². The molecule has 30 heavy (non-hydrogen) atoms. The Morgan fingerprint density at radius 2 is 1.70 bits per heavy atom. The van der Waals surface area contributed by atoms with Crippen molar-refractivity contribution >= 4 is 5.91 Å². The van der Waals surface area contributed by atoms with E-state index < -0.39 is 0 Å². The molecule has 0 N–H and O–H groups in total. The summed E-state index contributed by atoms with van der Waals surface area (Å²) < 4.78 is 12.8. The maximum atomic E-state index is 13.1. The van der Waals surface area contributed by atoms with Crippen LogP contribution in [0, 0.1) is 13.8 Å². The zero-order valence-electron chi connectivity index (χ0n) is 17.9. The smallest absolute Gasteiger partial charge is 0.227 e. The number of fused-ring (bicyclic) bond motifs is 1. The van der Waals surface area contributed by atoms with Gasteiger partial charge in [-0.3, -0.25) is 4.79 Å². The monoisotopic (exact) mass is 405 g/mol. The zero-order chi connectivity index (χ0) is 21.3. The van der Waals surface area contributed by atoms with Crippen LogP contribution in [0.4, 0.5) is 0 Å². The minimum absolute atomic E-state index is 0.120. The van der Waals surface area contributed by atoms with Gasteiger partial charge in [-0.1, -0.05) is 18.2 Å². The topological polar surface area (TPSA) is 56.6 Å². The van der Waals surface area contributed by atoms with Crippen LogP contribution in [0.25, 0.3) is 5.69 Å². The van der Waals surface area contributed by atoms with Crippen LogP contribution in [-0.4, -0.2) is 41.4 Å². The van der Waals surface area contributed by atoms with E-state index in [0.717, 1.165) is 40.4 Å². The molecule has 6 heteroatoms. The van der Waals surface area contributed by atoms with Crippen molar-refractivity contribution in [2.24, 2.45) is 0 Å². The average molecular weight is 405 g/mol. The van der Waals surface area contributed by atoms with Crippen molar-refractivity contribution in [1.29, 1.82) is 0 Å². The Morgan fingerprint density at radius 3 is 2.37 bits per heavy atom. The van der Waals surface area contributed by atoms with Crippen LogP contribution in [0.2, 0.25) is 0 Å². The van der Waals surface area contributed by atoms with Crippen molar-refractivity contribution in [2.45, 2.75) is 33.2 Å². The largest absolute Gasteiger partial charge is 0.493 e. The maximum absolute atomic E-state index is 13.1. The molecule has 0 atom stereocenters. The van der Waals surface area contributed by atoms with Gasteiger partial charge in [-0.25, -0.2) is 4.68 Å². The standard InChI is InChI=1S/C24H27N3O3/c1-16-21(17(2)27(25-16)20-8-6-5-7-9-20)14-24(28)26-11-10-18-12-22(29-3)23(30-4)13-19(18)15-26/h5-9,12-13H,10-11,14-15H2,1-4H3. The highest BCUT2D eigenvalue weighted by Crippen LogP contribution is 2.33. The third-order valence-corrected chi connectivity index (χ3v) is 5.84. The number of methoxy groups -OCH3 is 2. The zero-order valence-corrected chi connectivity index (χ0v) is 17.9. The lowest BCUT2D eigenvalue weighted by Crippen LogP contribution is -2.37. The van der Waals surface area contributed by atoms with Gasteiger partial charge in [0.2, 0.25) is 5.91 Å². The van der Waals surface area contributed by atoms with E-state index in [2.05, 4.69) is 5.10 Å². The highest BCUT2D eigenvalue weighted by Gasteiger charge is 2.25. The van der Waals surface area contributed by atoms with Crippen LogP contribution in [0.15, 0.2) is 42.5 Å². The maximum Gasteiger partial charge on any atom is 0.227 e. The molecule has 1 amide bonds. The predicted molar refractivity (Wildman–Crippen MR) is 115 cm³/mol. The number of hydrogen-bond acceptors (Lipinski definition) is 4. The first kappa shape index (κ1) is 20.0. The van der Waals surface area contributed by atoms with Gasteiger partial charge in [0.05, 0.1) is 32.0 Å². The fourth-order valence-electron chi connectivity index (χ4n) is 4.11. The van der Waals surface area contributed by atoms with Gasteiger partial charge in [-0.2, -0.15) is 5.10 Å². The Bertz CT molecular complexity index is 1070. The molecular weight excluding hydrogens is 378 g/mol. The highest BCUT2D eigenvalue weighted by atomic mass is 16.5. The molecule has 0 bridgehead atoms. The number of ether oxygens (including phenoxy) is 2. The molecule has 6 nitrogen and oxygen atoms in total. The number of benzene rings is 2. The molecule has 0 saturated carbocycles. The van der Waals surface area contributed by atoms with E-state index >= 15 is 0 Å². The molecule has 1 aliphatic heterocycles. The van der Waals surface area contributed by atoms with E-state index in [1.807, 2.05) is 65.9 Å². The Kier molecular flexibility index (Phi) is 5.48. The molecule has 0 saturated heterocycles. The van der Waals surface area contributed by atoms with Gasteiger partial charge in [0, 0.05) is 24.3 Å². The minimum atomic E-state index is 0.120. The van der Waals surface area contributed by atoms with E-state index in [1.165, 1.54) is 5.56 Å². The number of carbonyl (C=O) groups is 1. The van der Waals surface area contributed by atoms with Crippen LogP contribution < -0.4 is 9.47 Å². The molecule has 2 aromatic carbocycles. The van der Waals surface area contributed by atoms with Gasteiger partial charge in [0.15, 0.2) is 11.5 Å². The number of carbonyl (C=O) groups excluding carboxylic acids is 1. The number of aryl methyl sites for hydroxylation is 1. The summed E-state index contributed by atoms with van der Waals surface area (Å²) in [7, 11) is 3.27. The molecular formula is C24H27N3O3. The molecule has 0 unspecified atom stereocenters. The third-order valence-electron chi connectivity index (χ3n) is 5.84. The molecule has 2 heterocycles. The minimum Gasteiger partial charge on any atom is -0.493 e. The molecule has 0 fully saturated rings. The van der Waals surface area contributed by atoms with E-state index in [9.17, 15) is 4.79 Å². The molecule has 156 valence electrons. The van der Waals surface area contributed by atoms with E-state index in [1.54, 1.807) is 14.2 Å². The second-order valence-corrected chi connectivity index (χ2v) is 7.61. The molecule has 4 rings (SSSR count). The lowest BCUT2D eigenvalue weighted by atomic mass is 9.98. The Hall–Kier alpha value is -3.28. The normalized spacial score (nSPS) is 13.1. The fraction of sp³-hybridized carbons (Fsp3) is 0.333. The fourth-order valence-corrected chi connectivity index (χ4v) is 4.11. The Labute approximate surface area is 177 Å². The lowest BCUT2D eigenvalue weighted by molar-refractivity contribution is -0.131. The average Bonchev–Trinajstić information content (AvgIpc) is 3.06. The van der Waals surface area contributed by atoms with Crippen molar-refractivity contribution < 1.29 is 14.3 Å². The van der Waals surface area contributed by atoms with Crippen molar-refractivity contribution in [3.63, 3.8) is 0 Å². The number of hydrogen-bond donors (Lipinski definition) is 0. The van der Waals surface area contributed by atoms with E-state index in [-0.39, 0.29) is 5.91 Å². The van der Waals surface area contributed by atoms with Crippen LogP contribution in [0.1, 0.15) is 28.1 Å². The molecule has 1 aliphatic rings. The lowest BCUT2D eigenvalue weighted by Gasteiger charge is -2.29. The summed E-state index contributed by atoms with van der Waals surface area (Å²) in [5, 5.41) is 4.67. The summed E-state index contributed by atoms with van der Waals surface area (Å²) in [6.07, 6.45) is 1.16. The van der Waals surface area contributed by atoms with Gasteiger partial charge in [-0.05, 0) is 55.7 Å². The van der Waals surface area contributed by atoms with Gasteiger partial charge in [0.25, 0.3) is 0 Å². The van der Waals surface area contributed by atoms with Gasteiger partial charge < -0.3 is 14.4 Å². The number of nitrogens with zero attached hydrogens (tertiary/aromatic N) is 3. The van der Waals surface area contributed by atoms with Crippen LogP contribution in [0.5, 0.6) is 11.5 Å². The van der Waals surface area contributed by atoms with Crippen molar-refractivity contribution in [2.75, 3.05) is 20.8 Å². The third kappa shape index (κ3) is 3.65. The molecule has 1 aromatic heterocycles. The van der Waals surface area contributed by atoms with Gasteiger partial charge in [-0.15, -0.1) is 0 Å². The number of rotatable bonds is 5. The summed E-state index contributed by atoms with van der Waals surface area (Å²) >= 11 is 0. The molecule has 0 spiro atoms. The van der Waals surface area contributed by atoms with Crippen molar-refractivity contribution in [3.8, 4) is 17.2 Å². The second kappa shape index (κ2) is 8.22. The van der Waals surface area contributed by atoms with Crippen LogP contribution >= 0.6 is 0 Å². The SMILES string of the molecule is COc1cc2c(cc1OC)CN(C(=O)Cc1c(C)nn(-c3ccccc3)c1C)CC2. The summed E-state index contributed by atoms with van der Waals surface area (Å²) in [6.45, 7) is 5.28. The van der Waals surface area contributed by atoms with Crippen LogP contribution in [0.3, 0.4) is 0 Å². The summed E-state index contributed by atoms with van der Waals surface area (Å²) in [4.78, 5) is 15.1. The summed E-state index contributed by atoms with van der Waals surface area (Å²) in [5.74, 6) is 1.55. The molecule has 3 aromatic rings. The summed E-state index contributed by atoms with van der Waals surface area (Å²) in [5.41, 5.74) is 6.23. The first-order chi connectivity index (χ1) is 14.5. The van der Waals surface area contributed by atoms with Gasteiger partial charge in [0.1, 0.15) is 0 Å². The number of aromatic nitrogens is 2.